The van der Waals surface area contributed by atoms with Crippen molar-refractivity contribution in [3.63, 3.8) is 0 Å². The van der Waals surface area contributed by atoms with E-state index in [1.807, 2.05) is 6.92 Å². The van der Waals surface area contributed by atoms with Crippen LogP contribution in [-0.4, -0.2) is 17.7 Å². The second kappa shape index (κ2) is 4.02. The van der Waals surface area contributed by atoms with E-state index in [0.717, 1.165) is 12.5 Å². The normalized spacial score (nSPS) is 19.7. The van der Waals surface area contributed by atoms with E-state index >= 15 is 0 Å². The lowest BCUT2D eigenvalue weighted by Crippen LogP contribution is -2.19. The van der Waals surface area contributed by atoms with Gasteiger partial charge < -0.3 is 10.5 Å². The van der Waals surface area contributed by atoms with Crippen LogP contribution in [0.2, 0.25) is 0 Å². The topological polar surface area (TPSA) is 35.2 Å². The van der Waals surface area contributed by atoms with Gasteiger partial charge in [0.1, 0.15) is 0 Å². The third-order valence-electron chi connectivity index (χ3n) is 1.80. The average Bonchev–Trinajstić information content (AvgIpc) is 2.63. The summed E-state index contributed by atoms with van der Waals surface area (Å²) in [5.41, 5.74) is 5.37. The van der Waals surface area contributed by atoms with E-state index in [4.69, 9.17) is 22.7 Å². The van der Waals surface area contributed by atoms with Gasteiger partial charge in [0.25, 0.3) is 0 Å². The van der Waals surface area contributed by atoms with E-state index in [-0.39, 0.29) is 6.10 Å². The SMILES string of the molecule is CC(CC(N)=S)OCC1CC1. The second-order valence-electron chi connectivity index (χ2n) is 3.26. The Balaban J connectivity index is 1.99. The van der Waals surface area contributed by atoms with Crippen LogP contribution in [0.25, 0.3) is 0 Å². The lowest BCUT2D eigenvalue weighted by Gasteiger charge is -2.10. The highest BCUT2D eigenvalue weighted by Gasteiger charge is 2.22. The van der Waals surface area contributed by atoms with Gasteiger partial charge in [-0.2, -0.15) is 0 Å². The molecule has 0 bridgehead atoms. The average molecular weight is 173 g/mol. The van der Waals surface area contributed by atoms with Crippen LogP contribution in [0.4, 0.5) is 0 Å². The first-order chi connectivity index (χ1) is 5.18. The van der Waals surface area contributed by atoms with Gasteiger partial charge in [-0.1, -0.05) is 12.2 Å². The summed E-state index contributed by atoms with van der Waals surface area (Å²) in [4.78, 5) is 0.549. The number of thiocarbonyl (C=S) groups is 1. The molecule has 1 atom stereocenters. The number of ether oxygens (including phenoxy) is 1. The van der Waals surface area contributed by atoms with Gasteiger partial charge in [-0.05, 0) is 25.7 Å². The molecule has 0 aromatic rings. The molecule has 0 aromatic heterocycles. The number of rotatable bonds is 5. The Labute approximate surface area is 73.1 Å². The largest absolute Gasteiger partial charge is 0.393 e. The van der Waals surface area contributed by atoms with Gasteiger partial charge in [0.2, 0.25) is 0 Å². The van der Waals surface area contributed by atoms with Crippen LogP contribution in [0.3, 0.4) is 0 Å². The van der Waals surface area contributed by atoms with E-state index in [1.165, 1.54) is 12.8 Å². The molecule has 1 saturated carbocycles. The maximum Gasteiger partial charge on any atom is 0.0753 e. The van der Waals surface area contributed by atoms with Crippen LogP contribution < -0.4 is 5.73 Å². The highest BCUT2D eigenvalue weighted by molar-refractivity contribution is 7.80. The standard InChI is InChI=1S/C8H15NOS/c1-6(4-8(9)11)10-5-7-2-3-7/h6-7H,2-5H2,1H3,(H2,9,11). The molecule has 1 aliphatic rings. The predicted molar refractivity (Wildman–Crippen MR) is 49.5 cm³/mol. The maximum absolute atomic E-state index is 5.51. The molecule has 1 aliphatic carbocycles. The van der Waals surface area contributed by atoms with Crippen molar-refractivity contribution < 1.29 is 4.74 Å². The van der Waals surface area contributed by atoms with Crippen LogP contribution in [0.1, 0.15) is 26.2 Å². The molecular weight excluding hydrogens is 158 g/mol. The molecule has 0 heterocycles. The summed E-state index contributed by atoms with van der Waals surface area (Å²) < 4.78 is 5.51. The summed E-state index contributed by atoms with van der Waals surface area (Å²) in [5, 5.41) is 0. The van der Waals surface area contributed by atoms with Crippen molar-refractivity contribution in [3.05, 3.63) is 0 Å². The van der Waals surface area contributed by atoms with E-state index < -0.39 is 0 Å². The third-order valence-corrected chi connectivity index (χ3v) is 1.97. The van der Waals surface area contributed by atoms with Crippen molar-refractivity contribution in [1.29, 1.82) is 0 Å². The van der Waals surface area contributed by atoms with Crippen molar-refractivity contribution >= 4 is 17.2 Å². The summed E-state index contributed by atoms with van der Waals surface area (Å²) >= 11 is 4.77. The third kappa shape index (κ3) is 4.32. The first-order valence-electron chi connectivity index (χ1n) is 4.08. The zero-order valence-corrected chi connectivity index (χ0v) is 7.69. The summed E-state index contributed by atoms with van der Waals surface area (Å²) in [6, 6.07) is 0. The Morgan fingerprint density at radius 2 is 2.36 bits per heavy atom. The van der Waals surface area contributed by atoms with Gasteiger partial charge >= 0.3 is 0 Å². The Morgan fingerprint density at radius 3 is 2.82 bits per heavy atom. The molecule has 0 aliphatic heterocycles. The van der Waals surface area contributed by atoms with E-state index in [0.29, 0.717) is 11.4 Å². The molecule has 0 saturated heterocycles. The number of nitrogens with two attached hydrogens (primary N) is 1. The minimum Gasteiger partial charge on any atom is -0.393 e. The molecule has 0 aromatic carbocycles. The lowest BCUT2D eigenvalue weighted by atomic mass is 10.3. The fourth-order valence-electron chi connectivity index (χ4n) is 0.927. The quantitative estimate of drug-likeness (QED) is 0.640. The first-order valence-corrected chi connectivity index (χ1v) is 4.49. The molecule has 1 rings (SSSR count). The van der Waals surface area contributed by atoms with Crippen molar-refractivity contribution in [2.75, 3.05) is 6.61 Å². The van der Waals surface area contributed by atoms with Gasteiger partial charge in [-0.25, -0.2) is 0 Å². The van der Waals surface area contributed by atoms with Crippen molar-refractivity contribution in [2.45, 2.75) is 32.3 Å². The summed E-state index contributed by atoms with van der Waals surface area (Å²) in [5.74, 6) is 0.823. The van der Waals surface area contributed by atoms with Crippen LogP contribution in [0.5, 0.6) is 0 Å². The Bertz CT molecular complexity index is 145. The Morgan fingerprint density at radius 1 is 1.73 bits per heavy atom. The smallest absolute Gasteiger partial charge is 0.0753 e. The minimum atomic E-state index is 0.202. The fourth-order valence-corrected chi connectivity index (χ4v) is 1.16. The van der Waals surface area contributed by atoms with Crippen LogP contribution in [0.15, 0.2) is 0 Å². The predicted octanol–water partition coefficient (Wildman–Crippen LogP) is 1.48. The van der Waals surface area contributed by atoms with E-state index in [1.54, 1.807) is 0 Å². The molecule has 0 spiro atoms. The van der Waals surface area contributed by atoms with Gasteiger partial charge in [-0.15, -0.1) is 0 Å². The number of hydrogen-bond donors (Lipinski definition) is 1. The summed E-state index contributed by atoms with van der Waals surface area (Å²) in [6.45, 7) is 2.91. The monoisotopic (exact) mass is 173 g/mol. The second-order valence-corrected chi connectivity index (χ2v) is 3.78. The Hall–Kier alpha value is -0.150. The molecule has 1 fully saturated rings. The lowest BCUT2D eigenvalue weighted by molar-refractivity contribution is 0.0634. The molecule has 3 heteroatoms. The van der Waals surface area contributed by atoms with Gasteiger partial charge in [0.05, 0.1) is 11.1 Å². The van der Waals surface area contributed by atoms with Crippen LogP contribution >= 0.6 is 12.2 Å². The molecule has 11 heavy (non-hydrogen) atoms. The highest BCUT2D eigenvalue weighted by Crippen LogP contribution is 2.29. The van der Waals surface area contributed by atoms with E-state index in [9.17, 15) is 0 Å². The molecule has 64 valence electrons. The van der Waals surface area contributed by atoms with Crippen molar-refractivity contribution in [1.82, 2.24) is 0 Å². The molecule has 2 N–H and O–H groups in total. The molecule has 0 radical (unpaired) electrons. The van der Waals surface area contributed by atoms with Crippen LogP contribution in [-0.2, 0) is 4.74 Å². The van der Waals surface area contributed by atoms with Crippen molar-refractivity contribution in [3.8, 4) is 0 Å². The first kappa shape index (κ1) is 8.94. The summed E-state index contributed by atoms with van der Waals surface area (Å²) in [6.07, 6.45) is 3.58. The Kier molecular flexibility index (Phi) is 3.27. The fraction of sp³-hybridized carbons (Fsp3) is 0.875. The van der Waals surface area contributed by atoms with Crippen molar-refractivity contribution in [2.24, 2.45) is 11.7 Å². The minimum absolute atomic E-state index is 0.202. The van der Waals surface area contributed by atoms with Gasteiger partial charge in [-0.3, -0.25) is 0 Å². The molecule has 2 nitrogen and oxygen atoms in total. The maximum atomic E-state index is 5.51. The van der Waals surface area contributed by atoms with E-state index in [2.05, 4.69) is 0 Å². The van der Waals surface area contributed by atoms with Crippen LogP contribution in [0, 0.1) is 5.92 Å². The zero-order valence-electron chi connectivity index (χ0n) is 6.88. The molecular formula is C8H15NOS. The number of hydrogen-bond acceptors (Lipinski definition) is 2. The highest BCUT2D eigenvalue weighted by atomic mass is 32.1. The summed E-state index contributed by atoms with van der Waals surface area (Å²) in [7, 11) is 0. The zero-order chi connectivity index (χ0) is 8.27. The molecule has 0 amide bonds. The van der Waals surface area contributed by atoms with Gasteiger partial charge in [0.15, 0.2) is 0 Å². The van der Waals surface area contributed by atoms with Gasteiger partial charge in [0, 0.05) is 13.0 Å². The molecule has 1 unspecified atom stereocenters.